The van der Waals surface area contributed by atoms with Crippen molar-refractivity contribution in [3.63, 3.8) is 0 Å². The van der Waals surface area contributed by atoms with E-state index in [1.165, 1.54) is 37.6 Å². The highest BCUT2D eigenvalue weighted by Gasteiger charge is 2.21. The van der Waals surface area contributed by atoms with Crippen LogP contribution in [0.25, 0.3) is 0 Å². The van der Waals surface area contributed by atoms with Gasteiger partial charge in [-0.3, -0.25) is 14.8 Å². The number of rotatable bonds is 6. The molecule has 0 bridgehead atoms. The minimum Gasteiger partial charge on any atom is -0.390 e. The highest BCUT2D eigenvalue weighted by Crippen LogP contribution is 2.26. The fraction of sp³-hybridized carbons (Fsp3) is 0.429. The number of hydrogen-bond acceptors (Lipinski definition) is 7. The van der Waals surface area contributed by atoms with Gasteiger partial charge in [0.1, 0.15) is 18.0 Å². The van der Waals surface area contributed by atoms with E-state index in [-0.39, 0.29) is 5.82 Å². The van der Waals surface area contributed by atoms with Crippen LogP contribution in [-0.2, 0) is 4.79 Å². The molecule has 0 saturated carbocycles. The monoisotopic (exact) mass is 415 g/mol. The number of piperidine rings is 1. The molecule has 30 heavy (non-hydrogen) atoms. The van der Waals surface area contributed by atoms with Crippen LogP contribution in [0.3, 0.4) is 0 Å². The summed E-state index contributed by atoms with van der Waals surface area (Å²) in [6, 6.07) is 6.36. The molecule has 1 fully saturated rings. The minimum atomic E-state index is -0.941. The normalized spacial score (nSPS) is 15.9. The number of anilines is 1. The van der Waals surface area contributed by atoms with E-state index in [0.29, 0.717) is 23.7 Å². The molecule has 0 aliphatic carbocycles. The number of nitriles is 1. The molecule has 2 heterocycles. The van der Waals surface area contributed by atoms with Crippen molar-refractivity contribution in [2.45, 2.75) is 32.0 Å². The molecule has 1 aromatic heterocycles. The van der Waals surface area contributed by atoms with Crippen LogP contribution in [0.4, 0.5) is 10.1 Å². The molecule has 1 aliphatic heterocycles. The van der Waals surface area contributed by atoms with Gasteiger partial charge in [-0.2, -0.15) is 5.26 Å². The second-order valence-corrected chi connectivity index (χ2v) is 7.05. The summed E-state index contributed by atoms with van der Waals surface area (Å²) in [6.45, 7) is 3.85. The molecule has 1 amide bonds. The Kier molecular flexibility index (Phi) is 9.12. The summed E-state index contributed by atoms with van der Waals surface area (Å²) in [7, 11) is 0. The van der Waals surface area contributed by atoms with Crippen molar-refractivity contribution in [3.05, 3.63) is 53.9 Å². The molecule has 1 aliphatic rings. The number of aliphatic hydroxyl groups excluding tert-OH is 2. The molecule has 3 N–H and O–H groups in total. The lowest BCUT2D eigenvalue weighted by molar-refractivity contribution is -0.109. The smallest absolute Gasteiger partial charge is 0.207 e. The Bertz CT molecular complexity index is 836. The summed E-state index contributed by atoms with van der Waals surface area (Å²) in [5.74, 6) is 0.0952. The van der Waals surface area contributed by atoms with Gasteiger partial charge in [-0.15, -0.1) is 0 Å². The van der Waals surface area contributed by atoms with Crippen LogP contribution in [0.15, 0.2) is 36.8 Å². The Labute approximate surface area is 175 Å². The molecule has 3 rings (SSSR count). The van der Waals surface area contributed by atoms with Gasteiger partial charge in [0.2, 0.25) is 6.41 Å². The van der Waals surface area contributed by atoms with Crippen LogP contribution in [0.2, 0.25) is 0 Å². The number of aromatic nitrogens is 2. The van der Waals surface area contributed by atoms with Crippen LogP contribution in [0.5, 0.6) is 0 Å². The third-order valence-electron chi connectivity index (χ3n) is 4.87. The molecule has 2 aromatic rings. The maximum Gasteiger partial charge on any atom is 0.207 e. The standard InChI is InChI=1S/C14H16FN3O.C7H10N2O2/c15-13-1-2-14(12(7-13)8-16)18-5-3-11(4-6-18)9-17-10-19;1-5(10)7(11)6-4-8-2-3-9-6/h1-2,7,10-11H,3-6,9H2,(H,17,19);2-5,7,10-11H,1H3/t;5-,7+/m.0/s1. The number of aliphatic hydroxyl groups is 2. The molecule has 0 spiro atoms. The van der Waals surface area contributed by atoms with Gasteiger partial charge in [0.05, 0.1) is 29.2 Å². The van der Waals surface area contributed by atoms with Gasteiger partial charge in [0.15, 0.2) is 0 Å². The van der Waals surface area contributed by atoms with Crippen LogP contribution < -0.4 is 10.2 Å². The van der Waals surface area contributed by atoms with E-state index < -0.39 is 12.2 Å². The second-order valence-electron chi connectivity index (χ2n) is 7.05. The summed E-state index contributed by atoms with van der Waals surface area (Å²) in [4.78, 5) is 19.9. The Morgan fingerprint density at radius 3 is 2.67 bits per heavy atom. The zero-order valence-electron chi connectivity index (χ0n) is 16.8. The second kappa shape index (κ2) is 11.8. The Morgan fingerprint density at radius 2 is 2.10 bits per heavy atom. The van der Waals surface area contributed by atoms with Crippen molar-refractivity contribution in [3.8, 4) is 6.07 Å². The first-order valence-corrected chi connectivity index (χ1v) is 9.70. The Balaban J connectivity index is 0.000000248. The van der Waals surface area contributed by atoms with Gasteiger partial charge in [-0.25, -0.2) is 4.39 Å². The molecule has 160 valence electrons. The van der Waals surface area contributed by atoms with E-state index in [2.05, 4.69) is 20.2 Å². The molecule has 1 aromatic carbocycles. The molecule has 0 radical (unpaired) electrons. The van der Waals surface area contributed by atoms with E-state index in [1.807, 2.05) is 6.07 Å². The number of carbonyl (C=O) groups is 1. The molecule has 1 saturated heterocycles. The summed E-state index contributed by atoms with van der Waals surface area (Å²) < 4.78 is 13.1. The molecule has 2 atom stereocenters. The number of nitrogens with zero attached hydrogens (tertiary/aromatic N) is 4. The minimum absolute atomic E-state index is 0.379. The Hall–Kier alpha value is -3.09. The van der Waals surface area contributed by atoms with Crippen LogP contribution in [-0.4, -0.2) is 52.3 Å². The maximum absolute atomic E-state index is 13.1. The first kappa shape index (κ1) is 23.2. The lowest BCUT2D eigenvalue weighted by atomic mass is 9.96. The molecule has 8 nitrogen and oxygen atoms in total. The molecule has 9 heteroatoms. The number of amides is 1. The Morgan fingerprint density at radius 1 is 1.37 bits per heavy atom. The number of carbonyl (C=O) groups excluding carboxylic acids is 1. The van der Waals surface area contributed by atoms with E-state index in [0.717, 1.165) is 38.0 Å². The predicted octanol–water partition coefficient (Wildman–Crippen LogP) is 1.55. The lowest BCUT2D eigenvalue weighted by Crippen LogP contribution is -2.37. The summed E-state index contributed by atoms with van der Waals surface area (Å²) in [6.07, 6.45) is 5.30. The van der Waals surface area contributed by atoms with E-state index in [9.17, 15) is 14.3 Å². The maximum atomic E-state index is 13.1. The van der Waals surface area contributed by atoms with E-state index in [1.54, 1.807) is 6.07 Å². The third kappa shape index (κ3) is 6.76. The number of hydrogen-bond donors (Lipinski definition) is 3. The average Bonchev–Trinajstić information content (AvgIpc) is 2.78. The van der Waals surface area contributed by atoms with Gasteiger partial charge in [-0.05, 0) is 43.9 Å². The van der Waals surface area contributed by atoms with Gasteiger partial charge in [-0.1, -0.05) is 0 Å². The summed E-state index contributed by atoms with van der Waals surface area (Å²) in [5, 5.41) is 30.0. The van der Waals surface area contributed by atoms with Crippen molar-refractivity contribution in [2.24, 2.45) is 5.92 Å². The van der Waals surface area contributed by atoms with E-state index >= 15 is 0 Å². The number of nitrogens with one attached hydrogen (secondary N) is 1. The quantitative estimate of drug-likeness (QED) is 0.612. The highest BCUT2D eigenvalue weighted by molar-refractivity contribution is 5.59. The molecular formula is C21H26FN5O3. The average molecular weight is 415 g/mol. The topological polar surface area (TPSA) is 122 Å². The first-order chi connectivity index (χ1) is 14.5. The van der Waals surface area contributed by atoms with E-state index in [4.69, 9.17) is 10.4 Å². The zero-order valence-corrected chi connectivity index (χ0v) is 16.8. The zero-order chi connectivity index (χ0) is 21.9. The molecule has 0 unspecified atom stereocenters. The van der Waals surface area contributed by atoms with Crippen LogP contribution >= 0.6 is 0 Å². The fourth-order valence-electron chi connectivity index (χ4n) is 3.18. The van der Waals surface area contributed by atoms with Crippen molar-refractivity contribution in [1.29, 1.82) is 5.26 Å². The predicted molar refractivity (Wildman–Crippen MR) is 109 cm³/mol. The summed E-state index contributed by atoms with van der Waals surface area (Å²) in [5.41, 5.74) is 1.57. The fourth-order valence-corrected chi connectivity index (χ4v) is 3.18. The van der Waals surface area contributed by atoms with Gasteiger partial charge < -0.3 is 20.4 Å². The van der Waals surface area contributed by atoms with Gasteiger partial charge in [0, 0.05) is 32.0 Å². The van der Waals surface area contributed by atoms with Gasteiger partial charge in [0.25, 0.3) is 0 Å². The van der Waals surface area contributed by atoms with Crippen molar-refractivity contribution >= 4 is 12.1 Å². The molecular weight excluding hydrogens is 389 g/mol. The first-order valence-electron chi connectivity index (χ1n) is 9.70. The number of benzene rings is 1. The van der Waals surface area contributed by atoms with Crippen LogP contribution in [0.1, 0.15) is 37.1 Å². The number of halogens is 1. The van der Waals surface area contributed by atoms with Crippen molar-refractivity contribution < 1.29 is 19.4 Å². The lowest BCUT2D eigenvalue weighted by Gasteiger charge is -2.34. The van der Waals surface area contributed by atoms with Gasteiger partial charge >= 0.3 is 0 Å². The van der Waals surface area contributed by atoms with Crippen molar-refractivity contribution in [1.82, 2.24) is 15.3 Å². The van der Waals surface area contributed by atoms with Crippen molar-refractivity contribution in [2.75, 3.05) is 24.5 Å². The highest BCUT2D eigenvalue weighted by atomic mass is 19.1. The SMILES string of the molecule is C[C@H](O)[C@@H](O)c1cnccn1.N#Cc1cc(F)ccc1N1CCC(CNC=O)CC1. The van der Waals surface area contributed by atoms with Crippen LogP contribution in [0, 0.1) is 23.1 Å². The third-order valence-corrected chi connectivity index (χ3v) is 4.87. The summed E-state index contributed by atoms with van der Waals surface area (Å²) >= 11 is 0. The largest absolute Gasteiger partial charge is 0.390 e.